The van der Waals surface area contributed by atoms with Crippen LogP contribution in [0.3, 0.4) is 0 Å². The molecule has 0 bridgehead atoms. The number of rotatable bonds is 11. The third-order valence-corrected chi connectivity index (χ3v) is 11.8. The number of nitrogens with zero attached hydrogens (tertiary/aromatic N) is 9. The van der Waals surface area contributed by atoms with E-state index in [2.05, 4.69) is 25.1 Å². The number of imidazole rings is 2. The van der Waals surface area contributed by atoms with Crippen LogP contribution in [0, 0.1) is 11.6 Å². The maximum Gasteiger partial charge on any atom is 0.232 e. The molecule has 0 unspecified atom stereocenters. The van der Waals surface area contributed by atoms with Crippen molar-refractivity contribution in [2.24, 2.45) is 5.73 Å². The molecule has 4 aromatic heterocycles. The van der Waals surface area contributed by atoms with Gasteiger partial charge in [0, 0.05) is 72.6 Å². The van der Waals surface area contributed by atoms with Crippen molar-refractivity contribution in [3.63, 3.8) is 0 Å². The van der Waals surface area contributed by atoms with E-state index in [0.717, 1.165) is 45.0 Å². The summed E-state index contributed by atoms with van der Waals surface area (Å²) in [5.74, 6) is 0.385. The standard InChI is InChI=1S/C26H26FN5O2.C24H22FN5O2/c1-17(19-5-4-6-20(27)13-19)34-25-12-11-24-28-15-23(32(24)29-25)18-7-9-21(10-8-18)31-16-22(30(2)3)14-26(31)33;1-15(17-3-2-4-18(25)11-17)32-23-10-9-22-27-13-21(30(22)28-23)16-5-7-20(8-6-16)29-14-19(26)12-24(29)31/h4-13,15,17,22H,14,16H2,1-3H3;2-11,13,15,19H,12,14,26H2,1H3/t17-,22+;15-,19+/m11/s1. The summed E-state index contributed by atoms with van der Waals surface area (Å²) in [4.78, 5) is 39.1. The van der Waals surface area contributed by atoms with Gasteiger partial charge in [-0.2, -0.15) is 0 Å². The lowest BCUT2D eigenvalue weighted by molar-refractivity contribution is -0.118. The minimum absolute atomic E-state index is 0.0379. The second-order valence-electron chi connectivity index (χ2n) is 16.7. The lowest BCUT2D eigenvalue weighted by atomic mass is 10.1. The van der Waals surface area contributed by atoms with Gasteiger partial charge in [-0.15, -0.1) is 10.2 Å². The van der Waals surface area contributed by atoms with E-state index in [-0.39, 0.29) is 47.7 Å². The van der Waals surface area contributed by atoms with Crippen molar-refractivity contribution in [3.05, 3.63) is 156 Å². The van der Waals surface area contributed by atoms with Crippen LogP contribution in [0.1, 0.15) is 50.0 Å². The summed E-state index contributed by atoms with van der Waals surface area (Å²) < 4.78 is 42.5. The number of fused-ring (bicyclic) bond motifs is 2. The van der Waals surface area contributed by atoms with Gasteiger partial charge in [0.1, 0.15) is 23.8 Å². The highest BCUT2D eigenvalue weighted by Crippen LogP contribution is 2.30. The van der Waals surface area contributed by atoms with Crippen molar-refractivity contribution in [1.29, 1.82) is 0 Å². The SMILES string of the molecule is C[C@@H](Oc1ccc2ncc(-c3ccc(N4C[C@@H](N(C)C)CC4=O)cc3)n2n1)c1cccc(F)c1.C[C@@H](Oc1ccc2ncc(-c3ccc(N4C[C@@H](N)CC4=O)cc3)n2n1)c1cccc(F)c1. The van der Waals surface area contributed by atoms with Gasteiger partial charge in [0.25, 0.3) is 0 Å². The highest BCUT2D eigenvalue weighted by molar-refractivity contribution is 5.97. The monoisotopic (exact) mass is 890 g/mol. The van der Waals surface area contributed by atoms with Gasteiger partial charge in [-0.1, -0.05) is 48.5 Å². The van der Waals surface area contributed by atoms with Gasteiger partial charge in [0.2, 0.25) is 23.6 Å². The zero-order valence-electron chi connectivity index (χ0n) is 36.8. The molecule has 2 fully saturated rings. The Kier molecular flexibility index (Phi) is 12.2. The molecule has 14 nitrogen and oxygen atoms in total. The summed E-state index contributed by atoms with van der Waals surface area (Å²) >= 11 is 0. The van der Waals surface area contributed by atoms with Crippen LogP contribution in [-0.2, 0) is 9.59 Å². The molecule has 0 spiro atoms. The average Bonchev–Trinajstić information content (AvgIpc) is 4.11. The number of hydrogen-bond donors (Lipinski definition) is 1. The Morgan fingerprint density at radius 3 is 1.48 bits per heavy atom. The number of carbonyl (C=O) groups is 2. The molecule has 6 heterocycles. The molecular weight excluding hydrogens is 843 g/mol. The maximum atomic E-state index is 13.6. The Morgan fingerprint density at radius 2 is 1.08 bits per heavy atom. The summed E-state index contributed by atoms with van der Waals surface area (Å²) in [7, 11) is 4.00. The first-order valence-electron chi connectivity index (χ1n) is 21.6. The van der Waals surface area contributed by atoms with E-state index in [1.165, 1.54) is 24.3 Å². The number of aromatic nitrogens is 6. The largest absolute Gasteiger partial charge is 0.469 e. The number of carbonyl (C=O) groups excluding carboxylic acids is 2. The lowest BCUT2D eigenvalue weighted by Gasteiger charge is -2.20. The maximum absolute atomic E-state index is 13.6. The van der Waals surface area contributed by atoms with E-state index in [1.54, 1.807) is 50.6 Å². The van der Waals surface area contributed by atoms with Crippen LogP contribution in [0.5, 0.6) is 11.8 Å². The number of benzene rings is 4. The molecule has 0 saturated carbocycles. The lowest BCUT2D eigenvalue weighted by Crippen LogP contribution is -2.31. The van der Waals surface area contributed by atoms with Crippen molar-refractivity contribution in [1.82, 2.24) is 34.1 Å². The Bertz CT molecular complexity index is 3030. The fourth-order valence-corrected chi connectivity index (χ4v) is 8.14. The van der Waals surface area contributed by atoms with Crippen molar-refractivity contribution >= 4 is 34.5 Å². The molecule has 4 atom stereocenters. The second-order valence-corrected chi connectivity index (χ2v) is 16.7. The average molecular weight is 891 g/mol. The number of amides is 2. The summed E-state index contributed by atoms with van der Waals surface area (Å²) in [6, 6.07) is 35.4. The predicted molar refractivity (Wildman–Crippen MR) is 247 cm³/mol. The van der Waals surface area contributed by atoms with Gasteiger partial charge in [0.05, 0.1) is 23.8 Å². The van der Waals surface area contributed by atoms with Gasteiger partial charge in [-0.3, -0.25) is 9.59 Å². The highest BCUT2D eigenvalue weighted by Gasteiger charge is 2.32. The van der Waals surface area contributed by atoms with Crippen LogP contribution in [0.2, 0.25) is 0 Å². The number of halogens is 2. The van der Waals surface area contributed by atoms with Gasteiger partial charge in [-0.25, -0.2) is 27.8 Å². The molecule has 336 valence electrons. The Hall–Kier alpha value is -7.56. The first-order valence-corrected chi connectivity index (χ1v) is 21.6. The number of ether oxygens (including phenoxy) is 2. The molecule has 16 heteroatoms. The minimum atomic E-state index is -0.369. The molecule has 10 rings (SSSR count). The van der Waals surface area contributed by atoms with Crippen LogP contribution in [-0.4, -0.2) is 85.2 Å². The number of hydrogen-bond acceptors (Lipinski definition) is 10. The molecule has 4 aromatic carbocycles. The fraction of sp³-hybridized carbons (Fsp3) is 0.240. The third-order valence-electron chi connectivity index (χ3n) is 11.8. The van der Waals surface area contributed by atoms with Crippen LogP contribution in [0.15, 0.2) is 134 Å². The molecule has 2 aliphatic rings. The topological polar surface area (TPSA) is 149 Å². The quantitative estimate of drug-likeness (QED) is 0.135. The molecule has 2 amide bonds. The molecule has 2 N–H and O–H groups in total. The van der Waals surface area contributed by atoms with Crippen molar-refractivity contribution < 1.29 is 27.8 Å². The molecular formula is C50H48F2N10O4. The van der Waals surface area contributed by atoms with E-state index in [0.29, 0.717) is 49.0 Å². The van der Waals surface area contributed by atoms with E-state index in [9.17, 15) is 18.4 Å². The summed E-state index contributed by atoms with van der Waals surface area (Å²) in [5.41, 5.74) is 13.9. The van der Waals surface area contributed by atoms with Crippen molar-refractivity contribution in [2.45, 2.75) is 51.0 Å². The van der Waals surface area contributed by atoms with Gasteiger partial charge >= 0.3 is 0 Å². The molecule has 0 radical (unpaired) electrons. The number of nitrogens with two attached hydrogens (primary N) is 1. The fourth-order valence-electron chi connectivity index (χ4n) is 8.14. The highest BCUT2D eigenvalue weighted by atomic mass is 19.1. The van der Waals surface area contributed by atoms with Gasteiger partial charge < -0.3 is 29.9 Å². The predicted octanol–water partition coefficient (Wildman–Crippen LogP) is 8.08. The first kappa shape index (κ1) is 43.7. The smallest absolute Gasteiger partial charge is 0.232 e. The number of likely N-dealkylation sites (N-methyl/N-ethyl adjacent to an activating group) is 1. The molecule has 2 saturated heterocycles. The summed E-state index contributed by atoms with van der Waals surface area (Å²) in [5, 5.41) is 9.19. The molecule has 0 aliphatic carbocycles. The van der Waals surface area contributed by atoms with Crippen molar-refractivity contribution in [3.8, 4) is 34.3 Å². The van der Waals surface area contributed by atoms with E-state index < -0.39 is 0 Å². The minimum Gasteiger partial charge on any atom is -0.469 e. The van der Waals surface area contributed by atoms with Crippen molar-refractivity contribution in [2.75, 3.05) is 37.0 Å². The van der Waals surface area contributed by atoms with Crippen LogP contribution in [0.4, 0.5) is 20.2 Å². The van der Waals surface area contributed by atoms with Crippen LogP contribution >= 0.6 is 0 Å². The summed E-state index contributed by atoms with van der Waals surface area (Å²) in [6.07, 6.45) is 3.68. The third kappa shape index (κ3) is 9.32. The van der Waals surface area contributed by atoms with E-state index >= 15 is 0 Å². The van der Waals surface area contributed by atoms with Crippen LogP contribution < -0.4 is 25.0 Å². The van der Waals surface area contributed by atoms with E-state index in [1.807, 2.05) is 106 Å². The molecule has 8 aromatic rings. The molecule has 66 heavy (non-hydrogen) atoms. The summed E-state index contributed by atoms with van der Waals surface area (Å²) in [6.45, 7) is 4.92. The van der Waals surface area contributed by atoms with Gasteiger partial charge in [0.15, 0.2) is 11.3 Å². The number of anilines is 2. The Balaban J connectivity index is 0.000000166. The zero-order valence-corrected chi connectivity index (χ0v) is 36.8. The van der Waals surface area contributed by atoms with E-state index in [4.69, 9.17) is 15.2 Å². The second kappa shape index (κ2) is 18.5. The molecule has 2 aliphatic heterocycles. The van der Waals surface area contributed by atoms with Crippen LogP contribution in [0.25, 0.3) is 33.8 Å². The Morgan fingerprint density at radius 1 is 0.621 bits per heavy atom. The first-order chi connectivity index (χ1) is 31.9. The zero-order chi connectivity index (χ0) is 46.1. The van der Waals surface area contributed by atoms with Gasteiger partial charge in [-0.05, 0) is 99.7 Å². The normalized spacial score (nSPS) is 17.1. The Labute approximate surface area is 379 Å².